The van der Waals surface area contributed by atoms with Crippen molar-refractivity contribution in [2.75, 3.05) is 0 Å². The molecule has 0 atom stereocenters. The van der Waals surface area contributed by atoms with Gasteiger partial charge in [-0.1, -0.05) is 6.07 Å². The van der Waals surface area contributed by atoms with Gasteiger partial charge in [-0.2, -0.15) is 10.2 Å². The van der Waals surface area contributed by atoms with E-state index in [0.29, 0.717) is 0 Å². The van der Waals surface area contributed by atoms with Gasteiger partial charge in [-0.25, -0.2) is 15.1 Å². The van der Waals surface area contributed by atoms with E-state index >= 15 is 0 Å². The van der Waals surface area contributed by atoms with E-state index in [-0.39, 0.29) is 12.5 Å². The molecule has 2 rings (SSSR count). The van der Waals surface area contributed by atoms with E-state index in [1.165, 1.54) is 23.6 Å². The number of nitrogens with one attached hydrogen (secondary N) is 1. The van der Waals surface area contributed by atoms with Gasteiger partial charge in [0.1, 0.15) is 19.2 Å². The molecule has 0 fully saturated rings. The Labute approximate surface area is 97.2 Å². The molecule has 2 aromatic rings. The third kappa shape index (κ3) is 3.49. The molecule has 0 saturated carbocycles. The van der Waals surface area contributed by atoms with Crippen LogP contribution in [-0.4, -0.2) is 31.9 Å². The Morgan fingerprint density at radius 2 is 2.47 bits per heavy atom. The van der Waals surface area contributed by atoms with Crippen LogP contribution in [0.3, 0.4) is 0 Å². The Hall–Kier alpha value is -2.57. The van der Waals surface area contributed by atoms with E-state index in [9.17, 15) is 4.79 Å². The Morgan fingerprint density at radius 3 is 3.18 bits per heavy atom. The first-order chi connectivity index (χ1) is 8.34. The van der Waals surface area contributed by atoms with Gasteiger partial charge < -0.3 is 0 Å². The molecule has 0 aromatic carbocycles. The first kappa shape index (κ1) is 10.9. The van der Waals surface area contributed by atoms with E-state index in [2.05, 4.69) is 25.6 Å². The Balaban J connectivity index is 1.82. The molecule has 0 radical (unpaired) electrons. The molecular weight excluding hydrogens is 220 g/mol. The molecule has 0 bridgehead atoms. The zero-order chi connectivity index (χ0) is 11.9. The molecule has 1 amide bonds. The van der Waals surface area contributed by atoms with Gasteiger partial charge in [0.05, 0.1) is 6.21 Å². The average Bonchev–Trinajstić information content (AvgIpc) is 2.83. The largest absolute Gasteiger partial charge is 0.271 e. The van der Waals surface area contributed by atoms with Crippen LogP contribution in [0.1, 0.15) is 5.56 Å². The summed E-state index contributed by atoms with van der Waals surface area (Å²) in [6.07, 6.45) is 7.66. The number of hydrogen-bond acceptors (Lipinski definition) is 5. The van der Waals surface area contributed by atoms with Crippen LogP contribution in [0.4, 0.5) is 0 Å². The van der Waals surface area contributed by atoms with Crippen LogP contribution in [0.15, 0.2) is 42.3 Å². The molecule has 7 nitrogen and oxygen atoms in total. The number of hydrazone groups is 1. The number of hydrogen-bond donors (Lipinski definition) is 1. The first-order valence-corrected chi connectivity index (χ1v) is 4.89. The lowest BCUT2D eigenvalue weighted by molar-refractivity contribution is -0.121. The first-order valence-electron chi connectivity index (χ1n) is 4.89. The summed E-state index contributed by atoms with van der Waals surface area (Å²) in [7, 11) is 0. The van der Waals surface area contributed by atoms with Gasteiger partial charge in [-0.05, 0) is 6.07 Å². The monoisotopic (exact) mass is 230 g/mol. The van der Waals surface area contributed by atoms with Crippen LogP contribution < -0.4 is 5.43 Å². The standard InChI is InChI=1S/C10H10N6O/c17-10(6-16-8-12-7-14-16)15-13-5-9-2-1-3-11-4-9/h1-5,7-8H,6H2,(H,15,17). The summed E-state index contributed by atoms with van der Waals surface area (Å²) >= 11 is 0. The minimum Gasteiger partial charge on any atom is -0.271 e. The number of pyridine rings is 1. The van der Waals surface area contributed by atoms with Gasteiger partial charge in [0, 0.05) is 18.0 Å². The second-order valence-electron chi connectivity index (χ2n) is 3.17. The molecule has 0 aliphatic heterocycles. The van der Waals surface area contributed by atoms with Crippen molar-refractivity contribution in [2.45, 2.75) is 6.54 Å². The third-order valence-corrected chi connectivity index (χ3v) is 1.86. The average molecular weight is 230 g/mol. The van der Waals surface area contributed by atoms with Gasteiger partial charge in [0.15, 0.2) is 0 Å². The zero-order valence-electron chi connectivity index (χ0n) is 8.89. The second kappa shape index (κ2) is 5.50. The summed E-state index contributed by atoms with van der Waals surface area (Å²) in [5.41, 5.74) is 3.20. The van der Waals surface area contributed by atoms with E-state index in [1.54, 1.807) is 18.5 Å². The van der Waals surface area contributed by atoms with E-state index in [4.69, 9.17) is 0 Å². The lowest BCUT2D eigenvalue weighted by atomic mass is 10.3. The minimum atomic E-state index is -0.268. The fourth-order valence-corrected chi connectivity index (χ4v) is 1.13. The lowest BCUT2D eigenvalue weighted by Gasteiger charge is -1.98. The van der Waals surface area contributed by atoms with Crippen LogP contribution in [0.25, 0.3) is 0 Å². The van der Waals surface area contributed by atoms with Gasteiger partial charge >= 0.3 is 0 Å². The van der Waals surface area contributed by atoms with Crippen LogP contribution >= 0.6 is 0 Å². The van der Waals surface area contributed by atoms with E-state index in [1.807, 2.05) is 6.07 Å². The lowest BCUT2D eigenvalue weighted by Crippen LogP contribution is -2.23. The quantitative estimate of drug-likeness (QED) is 0.583. The Morgan fingerprint density at radius 1 is 1.53 bits per heavy atom. The zero-order valence-corrected chi connectivity index (χ0v) is 8.89. The van der Waals surface area contributed by atoms with Gasteiger partial charge in [-0.3, -0.25) is 9.78 Å². The fraction of sp³-hybridized carbons (Fsp3) is 0.100. The van der Waals surface area contributed by atoms with Gasteiger partial charge in [0.2, 0.25) is 0 Å². The maximum atomic E-state index is 11.4. The highest BCUT2D eigenvalue weighted by atomic mass is 16.2. The number of rotatable bonds is 4. The summed E-state index contributed by atoms with van der Waals surface area (Å²) in [4.78, 5) is 19.0. The summed E-state index contributed by atoms with van der Waals surface area (Å²) in [6, 6.07) is 3.62. The Bertz CT molecular complexity index is 493. The molecule has 2 heterocycles. The molecule has 0 unspecified atom stereocenters. The fourth-order valence-electron chi connectivity index (χ4n) is 1.13. The van der Waals surface area contributed by atoms with Crippen molar-refractivity contribution < 1.29 is 4.79 Å². The van der Waals surface area contributed by atoms with Crippen LogP contribution in [0.2, 0.25) is 0 Å². The van der Waals surface area contributed by atoms with Crippen molar-refractivity contribution in [3.63, 3.8) is 0 Å². The van der Waals surface area contributed by atoms with Gasteiger partial charge in [-0.15, -0.1) is 0 Å². The second-order valence-corrected chi connectivity index (χ2v) is 3.17. The highest BCUT2D eigenvalue weighted by Crippen LogP contribution is 1.89. The molecule has 2 aromatic heterocycles. The molecular formula is C10H10N6O. The number of amides is 1. The van der Waals surface area contributed by atoms with Gasteiger partial charge in [0.25, 0.3) is 5.91 Å². The summed E-state index contributed by atoms with van der Waals surface area (Å²) < 4.78 is 1.41. The van der Waals surface area contributed by atoms with Crippen molar-refractivity contribution >= 4 is 12.1 Å². The predicted molar refractivity (Wildman–Crippen MR) is 60.0 cm³/mol. The molecule has 0 aliphatic carbocycles. The molecule has 0 aliphatic rings. The predicted octanol–water partition coefficient (Wildman–Crippen LogP) is -0.177. The van der Waals surface area contributed by atoms with Crippen molar-refractivity contribution in [2.24, 2.45) is 5.10 Å². The SMILES string of the molecule is O=C(Cn1cncn1)NN=Cc1cccnc1. The van der Waals surface area contributed by atoms with Crippen LogP contribution in [-0.2, 0) is 11.3 Å². The third-order valence-electron chi connectivity index (χ3n) is 1.86. The van der Waals surface area contributed by atoms with Crippen molar-refractivity contribution in [1.82, 2.24) is 25.2 Å². The van der Waals surface area contributed by atoms with E-state index in [0.717, 1.165) is 5.56 Å². The maximum absolute atomic E-state index is 11.4. The Kier molecular flexibility index (Phi) is 3.53. The summed E-state index contributed by atoms with van der Waals surface area (Å²) in [5, 5.41) is 7.60. The molecule has 7 heteroatoms. The van der Waals surface area contributed by atoms with Crippen molar-refractivity contribution in [3.8, 4) is 0 Å². The molecule has 1 N–H and O–H groups in total. The number of carbonyl (C=O) groups is 1. The topological polar surface area (TPSA) is 85.1 Å². The highest BCUT2D eigenvalue weighted by Gasteiger charge is 2.00. The molecule has 0 spiro atoms. The summed E-state index contributed by atoms with van der Waals surface area (Å²) in [6.45, 7) is 0.0877. The van der Waals surface area contributed by atoms with Crippen LogP contribution in [0, 0.1) is 0 Å². The van der Waals surface area contributed by atoms with E-state index < -0.39 is 0 Å². The highest BCUT2D eigenvalue weighted by molar-refractivity contribution is 5.81. The summed E-state index contributed by atoms with van der Waals surface area (Å²) in [5.74, 6) is -0.268. The molecule has 86 valence electrons. The normalized spacial score (nSPS) is 10.6. The molecule has 17 heavy (non-hydrogen) atoms. The number of carbonyl (C=O) groups excluding carboxylic acids is 1. The minimum absolute atomic E-state index is 0.0877. The number of nitrogens with zero attached hydrogens (tertiary/aromatic N) is 5. The van der Waals surface area contributed by atoms with Crippen molar-refractivity contribution in [3.05, 3.63) is 42.7 Å². The van der Waals surface area contributed by atoms with Crippen LogP contribution in [0.5, 0.6) is 0 Å². The smallest absolute Gasteiger partial charge is 0.261 e. The van der Waals surface area contributed by atoms with Crippen molar-refractivity contribution in [1.29, 1.82) is 0 Å². The maximum Gasteiger partial charge on any atom is 0.261 e. The molecule has 0 saturated heterocycles. The number of aromatic nitrogens is 4.